The van der Waals surface area contributed by atoms with Crippen LogP contribution in [-0.4, -0.2) is 0 Å². The summed E-state index contributed by atoms with van der Waals surface area (Å²) in [5, 5.41) is 7.24. The second-order valence-electron chi connectivity index (χ2n) is 15.3. The quantitative estimate of drug-likeness (QED) is 0.177. The third-order valence-corrected chi connectivity index (χ3v) is 11.9. The van der Waals surface area contributed by atoms with Crippen molar-refractivity contribution in [2.24, 2.45) is 0 Å². The van der Waals surface area contributed by atoms with Crippen molar-refractivity contribution >= 4 is 60.5 Å². The average molecular weight is 704 g/mol. The minimum Gasteiger partial charge on any atom is -0.456 e. The van der Waals surface area contributed by atoms with Gasteiger partial charge in [0.2, 0.25) is 0 Å². The van der Waals surface area contributed by atoms with Gasteiger partial charge in [-0.25, -0.2) is 0 Å². The first-order valence-electron chi connectivity index (χ1n) is 19.1. The van der Waals surface area contributed by atoms with Gasteiger partial charge in [0, 0.05) is 33.0 Å². The molecule has 0 amide bonds. The second kappa shape index (κ2) is 12.1. The van der Waals surface area contributed by atoms with Crippen molar-refractivity contribution in [2.45, 2.75) is 19.3 Å². The third kappa shape index (κ3) is 4.81. The molecule has 0 radical (unpaired) electrons. The van der Waals surface area contributed by atoms with Crippen LogP contribution < -0.4 is 4.90 Å². The van der Waals surface area contributed by atoms with Crippen LogP contribution in [0, 0.1) is 0 Å². The molecule has 260 valence electrons. The smallest absolute Gasteiger partial charge is 0.136 e. The molecule has 9 aromatic carbocycles. The predicted octanol–water partition coefficient (Wildman–Crippen LogP) is 15.0. The molecule has 0 aliphatic heterocycles. The van der Waals surface area contributed by atoms with E-state index in [1.165, 1.54) is 66.0 Å². The van der Waals surface area contributed by atoms with E-state index in [-0.39, 0.29) is 5.41 Å². The van der Waals surface area contributed by atoms with Crippen LogP contribution in [0.1, 0.15) is 25.0 Å². The maximum Gasteiger partial charge on any atom is 0.136 e. The summed E-state index contributed by atoms with van der Waals surface area (Å²) in [5.74, 6) is 0. The number of fused-ring (bicyclic) bond motifs is 9. The van der Waals surface area contributed by atoms with E-state index in [9.17, 15) is 0 Å². The van der Waals surface area contributed by atoms with E-state index in [0.717, 1.165) is 39.1 Å². The second-order valence-corrected chi connectivity index (χ2v) is 15.3. The van der Waals surface area contributed by atoms with Crippen LogP contribution in [0.5, 0.6) is 0 Å². The molecule has 55 heavy (non-hydrogen) atoms. The summed E-state index contributed by atoms with van der Waals surface area (Å²) in [5.41, 5.74) is 15.1. The molecule has 0 fully saturated rings. The van der Waals surface area contributed by atoms with Crippen molar-refractivity contribution < 1.29 is 4.42 Å². The molecule has 1 aliphatic rings. The first kappa shape index (κ1) is 31.6. The Morgan fingerprint density at radius 1 is 0.418 bits per heavy atom. The molecular formula is C53H37NO. The van der Waals surface area contributed by atoms with Crippen molar-refractivity contribution in [3.63, 3.8) is 0 Å². The van der Waals surface area contributed by atoms with Crippen molar-refractivity contribution in [1.82, 2.24) is 0 Å². The summed E-state index contributed by atoms with van der Waals surface area (Å²) >= 11 is 0. The number of benzene rings is 9. The van der Waals surface area contributed by atoms with Gasteiger partial charge in [-0.05, 0) is 97.4 Å². The molecule has 0 saturated heterocycles. The number of nitrogens with zero attached hydrogens (tertiary/aromatic N) is 1. The van der Waals surface area contributed by atoms with Crippen LogP contribution in [0.25, 0.3) is 76.9 Å². The van der Waals surface area contributed by atoms with E-state index >= 15 is 0 Å². The summed E-state index contributed by atoms with van der Waals surface area (Å²) in [6.07, 6.45) is 0. The van der Waals surface area contributed by atoms with Gasteiger partial charge in [0.15, 0.2) is 0 Å². The summed E-state index contributed by atoms with van der Waals surface area (Å²) in [6, 6.07) is 68.4. The number of hydrogen-bond acceptors (Lipinski definition) is 2. The summed E-state index contributed by atoms with van der Waals surface area (Å²) in [4.78, 5) is 2.48. The standard InChI is InChI=1S/C53H37NO/c1-53(2)45-21-9-7-19-43(45)52-46(53)22-12-24-48(52)54(47-23-10-8-18-42(47)41-20-11-15-35-13-3-5-16-39(35)41)38-29-25-34(26-30-38)37-27-31-44-50(33-37)55-49-32-28-36-14-4-6-17-40(36)51(44)49/h3-33H,1-2H3. The van der Waals surface area contributed by atoms with Crippen LogP contribution in [0.2, 0.25) is 0 Å². The fraction of sp³-hybridized carbons (Fsp3) is 0.0566. The van der Waals surface area contributed by atoms with Gasteiger partial charge in [-0.15, -0.1) is 0 Å². The van der Waals surface area contributed by atoms with E-state index in [2.05, 4.69) is 207 Å². The SMILES string of the molecule is CC1(C)c2ccccc2-c2c(N(c3ccc(-c4ccc5c(c4)oc4ccc6ccccc6c45)cc3)c3ccccc3-c3cccc4ccccc34)cccc21. The zero-order valence-electron chi connectivity index (χ0n) is 30.8. The molecule has 10 aromatic rings. The third-order valence-electron chi connectivity index (χ3n) is 11.9. The minimum atomic E-state index is -0.117. The molecular weight excluding hydrogens is 667 g/mol. The monoisotopic (exact) mass is 703 g/mol. The average Bonchev–Trinajstić information content (AvgIpc) is 3.73. The predicted molar refractivity (Wildman–Crippen MR) is 232 cm³/mol. The van der Waals surface area contributed by atoms with E-state index in [1.807, 2.05) is 0 Å². The Morgan fingerprint density at radius 2 is 1.04 bits per heavy atom. The zero-order valence-corrected chi connectivity index (χ0v) is 30.8. The van der Waals surface area contributed by atoms with Gasteiger partial charge < -0.3 is 9.32 Å². The number of furan rings is 1. The molecule has 2 nitrogen and oxygen atoms in total. The maximum absolute atomic E-state index is 6.47. The number of anilines is 3. The van der Waals surface area contributed by atoms with Crippen LogP contribution in [0.4, 0.5) is 17.1 Å². The largest absolute Gasteiger partial charge is 0.456 e. The number of hydrogen-bond donors (Lipinski definition) is 0. The van der Waals surface area contributed by atoms with Crippen molar-refractivity contribution in [1.29, 1.82) is 0 Å². The Morgan fingerprint density at radius 3 is 1.89 bits per heavy atom. The van der Waals surface area contributed by atoms with Crippen LogP contribution in [0.3, 0.4) is 0 Å². The van der Waals surface area contributed by atoms with Crippen molar-refractivity contribution in [2.75, 3.05) is 4.90 Å². The highest BCUT2D eigenvalue weighted by atomic mass is 16.3. The Balaban J connectivity index is 1.10. The van der Waals surface area contributed by atoms with Gasteiger partial charge in [-0.2, -0.15) is 0 Å². The Bertz CT molecular complexity index is 3120. The lowest BCUT2D eigenvalue weighted by Crippen LogP contribution is -2.16. The highest BCUT2D eigenvalue weighted by molar-refractivity contribution is 6.19. The van der Waals surface area contributed by atoms with E-state index in [1.54, 1.807) is 0 Å². The first-order chi connectivity index (χ1) is 27.0. The van der Waals surface area contributed by atoms with Gasteiger partial charge >= 0.3 is 0 Å². The molecule has 1 heterocycles. The molecule has 0 spiro atoms. The molecule has 1 aromatic heterocycles. The summed E-state index contributed by atoms with van der Waals surface area (Å²) < 4.78 is 6.47. The molecule has 1 aliphatic carbocycles. The Hall–Kier alpha value is -6.90. The van der Waals surface area contributed by atoms with Gasteiger partial charge in [0.25, 0.3) is 0 Å². The Labute approximate surface area is 320 Å². The Kier molecular flexibility index (Phi) is 6.93. The van der Waals surface area contributed by atoms with Gasteiger partial charge in [0.1, 0.15) is 11.2 Å². The van der Waals surface area contributed by atoms with Crippen molar-refractivity contribution in [3.05, 3.63) is 199 Å². The van der Waals surface area contributed by atoms with Crippen molar-refractivity contribution in [3.8, 4) is 33.4 Å². The topological polar surface area (TPSA) is 16.4 Å². The van der Waals surface area contributed by atoms with Crippen LogP contribution in [-0.2, 0) is 5.41 Å². The molecule has 2 heteroatoms. The van der Waals surface area contributed by atoms with E-state index in [0.29, 0.717) is 0 Å². The number of rotatable bonds is 5. The highest BCUT2D eigenvalue weighted by Gasteiger charge is 2.38. The first-order valence-corrected chi connectivity index (χ1v) is 19.1. The molecule has 11 rings (SSSR count). The molecule has 0 atom stereocenters. The van der Waals surface area contributed by atoms with Gasteiger partial charge in [-0.1, -0.05) is 159 Å². The highest BCUT2D eigenvalue weighted by Crippen LogP contribution is 2.55. The number of para-hydroxylation sites is 1. The minimum absolute atomic E-state index is 0.117. The zero-order chi connectivity index (χ0) is 36.7. The lowest BCUT2D eigenvalue weighted by Gasteiger charge is -2.31. The lowest BCUT2D eigenvalue weighted by molar-refractivity contribution is 0.660. The molecule has 0 bridgehead atoms. The van der Waals surface area contributed by atoms with E-state index in [4.69, 9.17) is 4.42 Å². The fourth-order valence-electron chi connectivity index (χ4n) is 9.21. The van der Waals surface area contributed by atoms with E-state index < -0.39 is 0 Å². The fourth-order valence-corrected chi connectivity index (χ4v) is 9.21. The maximum atomic E-state index is 6.47. The lowest BCUT2D eigenvalue weighted by atomic mass is 9.82. The van der Waals surface area contributed by atoms with Crippen LogP contribution in [0.15, 0.2) is 192 Å². The molecule has 0 unspecified atom stereocenters. The normalized spacial score (nSPS) is 13.1. The summed E-state index contributed by atoms with van der Waals surface area (Å²) in [7, 11) is 0. The summed E-state index contributed by atoms with van der Waals surface area (Å²) in [6.45, 7) is 4.71. The molecule has 0 N–H and O–H groups in total. The van der Waals surface area contributed by atoms with Gasteiger partial charge in [-0.3, -0.25) is 0 Å². The van der Waals surface area contributed by atoms with Gasteiger partial charge in [0.05, 0.1) is 11.4 Å². The molecule has 0 saturated carbocycles. The van der Waals surface area contributed by atoms with Crippen LogP contribution >= 0.6 is 0 Å².